The van der Waals surface area contributed by atoms with Gasteiger partial charge in [-0.25, -0.2) is 13.8 Å². The molecule has 0 aliphatic heterocycles. The molecule has 0 saturated carbocycles. The van der Waals surface area contributed by atoms with E-state index in [0.29, 0.717) is 39.7 Å². The lowest BCUT2D eigenvalue weighted by Crippen LogP contribution is -2.46. The number of nitrogens with one attached hydrogen (secondary N) is 2. The topological polar surface area (TPSA) is 117 Å². The number of rotatable bonds is 10. The molecule has 0 aliphatic rings. The molecule has 0 heterocycles. The van der Waals surface area contributed by atoms with Gasteiger partial charge in [-0.15, -0.1) is 0 Å². The molecular formula is C31H30N4O5S. The van der Waals surface area contributed by atoms with Gasteiger partial charge in [-0.2, -0.15) is 5.10 Å². The molecule has 2 N–H and O–H groups in total. The minimum Gasteiger partial charge on any atom is -0.457 e. The number of hydrazone groups is 1. The van der Waals surface area contributed by atoms with Crippen LogP contribution in [0, 0.1) is 0 Å². The minimum absolute atomic E-state index is 0.250. The quantitative estimate of drug-likeness (QED) is 0.195. The molecule has 10 heteroatoms. The number of benzene rings is 4. The van der Waals surface area contributed by atoms with Crippen LogP contribution in [0.1, 0.15) is 29.8 Å². The van der Waals surface area contributed by atoms with Crippen LogP contribution in [-0.2, 0) is 14.8 Å². The van der Waals surface area contributed by atoms with Gasteiger partial charge in [0, 0.05) is 11.3 Å². The average molecular weight is 571 g/mol. The highest BCUT2D eigenvalue weighted by molar-refractivity contribution is 7.92. The third-order valence-corrected chi connectivity index (χ3v) is 7.31. The second-order valence-corrected chi connectivity index (χ2v) is 11.1. The van der Waals surface area contributed by atoms with Gasteiger partial charge in [0.1, 0.15) is 17.5 Å². The first-order valence-electron chi connectivity index (χ1n) is 12.7. The van der Waals surface area contributed by atoms with Crippen molar-refractivity contribution >= 4 is 38.9 Å². The van der Waals surface area contributed by atoms with Gasteiger partial charge in [0.2, 0.25) is 10.0 Å². The minimum atomic E-state index is -3.82. The molecule has 4 rings (SSSR count). The summed E-state index contributed by atoms with van der Waals surface area (Å²) < 4.78 is 32.2. The van der Waals surface area contributed by atoms with Gasteiger partial charge >= 0.3 is 0 Å². The zero-order valence-corrected chi connectivity index (χ0v) is 23.6. The number of amides is 2. The average Bonchev–Trinajstić information content (AvgIpc) is 2.97. The molecule has 0 fully saturated rings. The second kappa shape index (κ2) is 12.9. The molecule has 0 unspecified atom stereocenters. The highest BCUT2D eigenvalue weighted by atomic mass is 32.2. The van der Waals surface area contributed by atoms with E-state index in [4.69, 9.17) is 4.74 Å². The molecule has 0 bridgehead atoms. The zero-order valence-electron chi connectivity index (χ0n) is 22.8. The number of sulfonamides is 1. The fourth-order valence-corrected chi connectivity index (χ4v) is 5.18. The van der Waals surface area contributed by atoms with E-state index in [1.54, 1.807) is 79.7 Å². The molecular weight excluding hydrogens is 540 g/mol. The fraction of sp³-hybridized carbons (Fsp3) is 0.129. The first-order chi connectivity index (χ1) is 19.6. The standard InChI is InChI=1S/C31H30N4O5S/c1-22(25-13-10-14-26(21-25)32-31(37)24-11-6-4-7-12-24)33-34-30(36)23(2)35(41(3,38)39)27-17-19-29(20-18-27)40-28-15-8-5-9-16-28/h4-21,23H,1-3H3,(H,32,37)(H,34,36)/b33-22-/t23-/m1/s1. The van der Waals surface area contributed by atoms with Gasteiger partial charge in [-0.05, 0) is 80.1 Å². The maximum absolute atomic E-state index is 13.0. The van der Waals surface area contributed by atoms with Gasteiger partial charge in [-0.3, -0.25) is 13.9 Å². The fourth-order valence-electron chi connectivity index (χ4n) is 4.01. The Kier molecular flexibility index (Phi) is 9.15. The highest BCUT2D eigenvalue weighted by Crippen LogP contribution is 2.27. The van der Waals surface area contributed by atoms with Gasteiger partial charge in [0.05, 0.1) is 17.7 Å². The third-order valence-electron chi connectivity index (χ3n) is 6.07. The van der Waals surface area contributed by atoms with Crippen molar-refractivity contribution in [1.29, 1.82) is 0 Å². The molecule has 4 aromatic carbocycles. The van der Waals surface area contributed by atoms with Gasteiger partial charge < -0.3 is 10.1 Å². The maximum Gasteiger partial charge on any atom is 0.263 e. The van der Waals surface area contributed by atoms with E-state index < -0.39 is 22.0 Å². The molecule has 9 nitrogen and oxygen atoms in total. The van der Waals surface area contributed by atoms with Crippen LogP contribution >= 0.6 is 0 Å². The van der Waals surface area contributed by atoms with E-state index >= 15 is 0 Å². The van der Waals surface area contributed by atoms with Crippen molar-refractivity contribution in [3.8, 4) is 11.5 Å². The molecule has 0 aromatic heterocycles. The molecule has 2 amide bonds. The number of para-hydroxylation sites is 1. The Labute approximate surface area is 239 Å². The summed E-state index contributed by atoms with van der Waals surface area (Å²) >= 11 is 0. The molecule has 210 valence electrons. The monoisotopic (exact) mass is 570 g/mol. The Balaban J connectivity index is 1.44. The van der Waals surface area contributed by atoms with Crippen molar-refractivity contribution in [1.82, 2.24) is 5.43 Å². The van der Waals surface area contributed by atoms with Crippen LogP contribution < -0.4 is 19.8 Å². The Morgan fingerprint density at radius 2 is 1.39 bits per heavy atom. The summed E-state index contributed by atoms with van der Waals surface area (Å²) in [7, 11) is -3.82. The number of carbonyl (C=O) groups excluding carboxylic acids is 2. The van der Waals surface area contributed by atoms with Crippen molar-refractivity contribution in [2.75, 3.05) is 15.9 Å². The van der Waals surface area contributed by atoms with Gasteiger partial charge in [0.15, 0.2) is 0 Å². The summed E-state index contributed by atoms with van der Waals surface area (Å²) in [6.07, 6.45) is 1.04. The molecule has 0 spiro atoms. The predicted octanol–water partition coefficient (Wildman–Crippen LogP) is 5.43. The maximum atomic E-state index is 13.0. The lowest BCUT2D eigenvalue weighted by atomic mass is 10.1. The largest absolute Gasteiger partial charge is 0.457 e. The molecule has 0 radical (unpaired) electrons. The molecule has 1 atom stereocenters. The lowest BCUT2D eigenvalue weighted by Gasteiger charge is -2.27. The van der Waals surface area contributed by atoms with Crippen LogP contribution in [0.3, 0.4) is 0 Å². The SMILES string of the molecule is C/C(=N/NC(=O)[C@@H](C)N(c1ccc(Oc2ccccc2)cc1)S(C)(=O)=O)c1cccc(NC(=O)c2ccccc2)c1. The van der Waals surface area contributed by atoms with E-state index in [-0.39, 0.29) is 5.91 Å². The Morgan fingerprint density at radius 3 is 2.02 bits per heavy atom. The van der Waals surface area contributed by atoms with Crippen molar-refractivity contribution in [2.45, 2.75) is 19.9 Å². The van der Waals surface area contributed by atoms with Crippen LogP contribution in [0.15, 0.2) is 114 Å². The van der Waals surface area contributed by atoms with E-state index in [2.05, 4.69) is 15.8 Å². The van der Waals surface area contributed by atoms with Crippen LogP contribution in [0.2, 0.25) is 0 Å². The first kappa shape index (κ1) is 29.0. The van der Waals surface area contributed by atoms with Crippen molar-refractivity contribution in [3.63, 3.8) is 0 Å². The molecule has 4 aromatic rings. The number of ether oxygens (including phenoxy) is 1. The highest BCUT2D eigenvalue weighted by Gasteiger charge is 2.29. The van der Waals surface area contributed by atoms with E-state index in [9.17, 15) is 18.0 Å². The summed E-state index contributed by atoms with van der Waals surface area (Å²) in [4.78, 5) is 25.5. The van der Waals surface area contributed by atoms with Crippen molar-refractivity contribution < 1.29 is 22.7 Å². The Hall–Kier alpha value is -4.96. The van der Waals surface area contributed by atoms with E-state index in [0.717, 1.165) is 10.6 Å². The van der Waals surface area contributed by atoms with Crippen molar-refractivity contribution in [3.05, 3.63) is 120 Å². The van der Waals surface area contributed by atoms with Crippen LogP contribution in [-0.4, -0.2) is 38.2 Å². The normalized spacial score (nSPS) is 12.2. The molecule has 41 heavy (non-hydrogen) atoms. The number of nitrogens with zero attached hydrogens (tertiary/aromatic N) is 2. The van der Waals surface area contributed by atoms with E-state index in [1.165, 1.54) is 6.92 Å². The van der Waals surface area contributed by atoms with Crippen LogP contribution in [0.25, 0.3) is 0 Å². The first-order valence-corrected chi connectivity index (χ1v) is 14.6. The summed E-state index contributed by atoms with van der Waals surface area (Å²) in [5.41, 5.74) is 4.99. The third kappa shape index (κ3) is 7.80. The second-order valence-electron chi connectivity index (χ2n) is 9.22. The predicted molar refractivity (Wildman–Crippen MR) is 161 cm³/mol. The Morgan fingerprint density at radius 1 is 0.805 bits per heavy atom. The summed E-state index contributed by atoms with van der Waals surface area (Å²) in [5, 5.41) is 7.02. The zero-order chi connectivity index (χ0) is 29.4. The van der Waals surface area contributed by atoms with Gasteiger partial charge in [0.25, 0.3) is 11.8 Å². The Bertz CT molecular complexity index is 1640. The molecule has 0 aliphatic carbocycles. The van der Waals surface area contributed by atoms with Crippen LogP contribution in [0.4, 0.5) is 11.4 Å². The van der Waals surface area contributed by atoms with Gasteiger partial charge in [-0.1, -0.05) is 48.5 Å². The lowest BCUT2D eigenvalue weighted by molar-refractivity contribution is -0.121. The number of hydrogen-bond donors (Lipinski definition) is 2. The van der Waals surface area contributed by atoms with E-state index in [1.807, 2.05) is 36.4 Å². The van der Waals surface area contributed by atoms with Crippen LogP contribution in [0.5, 0.6) is 11.5 Å². The summed E-state index contributed by atoms with van der Waals surface area (Å²) in [6, 6.07) is 30.4. The smallest absolute Gasteiger partial charge is 0.263 e. The number of carbonyl (C=O) groups is 2. The summed E-state index contributed by atoms with van der Waals surface area (Å²) in [5.74, 6) is 0.297. The molecule has 0 saturated heterocycles. The number of hydrogen-bond acceptors (Lipinski definition) is 6. The summed E-state index contributed by atoms with van der Waals surface area (Å²) in [6.45, 7) is 3.18. The van der Waals surface area contributed by atoms with Crippen molar-refractivity contribution in [2.24, 2.45) is 5.10 Å². The number of anilines is 2.